The first-order chi connectivity index (χ1) is 14.6. The molecule has 1 fully saturated rings. The van der Waals surface area contributed by atoms with Gasteiger partial charge in [-0.15, -0.1) is 11.3 Å². The molecule has 1 saturated heterocycles. The van der Waals surface area contributed by atoms with Crippen LogP contribution >= 0.6 is 11.3 Å². The molecule has 30 heavy (non-hydrogen) atoms. The van der Waals surface area contributed by atoms with E-state index >= 15 is 0 Å². The third-order valence-corrected chi connectivity index (χ3v) is 6.39. The number of aryl methyl sites for hydroxylation is 1. The van der Waals surface area contributed by atoms with Gasteiger partial charge in [0, 0.05) is 23.5 Å². The molecule has 2 N–H and O–H groups in total. The third kappa shape index (κ3) is 4.15. The Morgan fingerprint density at radius 1 is 1.13 bits per heavy atom. The normalized spacial score (nSPS) is 18.6. The van der Waals surface area contributed by atoms with Crippen LogP contribution in [-0.4, -0.2) is 16.9 Å². The molecule has 2 atom stereocenters. The minimum Gasteiger partial charge on any atom is -0.392 e. The number of aliphatic hydroxyl groups is 1. The number of carbonyl (C=O) groups excluding carboxylic acids is 2. The first-order valence-corrected chi connectivity index (χ1v) is 10.8. The van der Waals surface area contributed by atoms with E-state index in [0.717, 1.165) is 27.3 Å². The summed E-state index contributed by atoms with van der Waals surface area (Å²) < 4.78 is 0. The fourth-order valence-electron chi connectivity index (χ4n) is 3.92. The highest BCUT2D eigenvalue weighted by Gasteiger charge is 2.45. The van der Waals surface area contributed by atoms with Crippen LogP contribution in [0.25, 0.3) is 0 Å². The fourth-order valence-corrected chi connectivity index (χ4v) is 4.80. The Labute approximate surface area is 180 Å². The molecular formula is C24H24N2O3S. The van der Waals surface area contributed by atoms with Crippen LogP contribution in [0.4, 0.5) is 5.69 Å². The quantitative estimate of drug-likeness (QED) is 0.634. The van der Waals surface area contributed by atoms with Crippen molar-refractivity contribution in [3.8, 4) is 0 Å². The van der Waals surface area contributed by atoms with Crippen molar-refractivity contribution in [1.29, 1.82) is 0 Å². The average Bonchev–Trinajstić information content (AvgIpc) is 3.40. The van der Waals surface area contributed by atoms with E-state index in [0.29, 0.717) is 6.54 Å². The van der Waals surface area contributed by atoms with E-state index in [9.17, 15) is 14.7 Å². The van der Waals surface area contributed by atoms with Gasteiger partial charge in [0.2, 0.25) is 11.8 Å². The summed E-state index contributed by atoms with van der Waals surface area (Å²) in [6.07, 6.45) is 0.180. The second-order valence-corrected chi connectivity index (χ2v) is 8.55. The molecule has 2 aromatic carbocycles. The molecule has 0 radical (unpaired) electrons. The zero-order chi connectivity index (χ0) is 21.1. The summed E-state index contributed by atoms with van der Waals surface area (Å²) in [4.78, 5) is 28.9. The number of nitrogens with one attached hydrogen (secondary N) is 1. The lowest BCUT2D eigenvalue weighted by Gasteiger charge is -2.27. The number of hydrogen-bond acceptors (Lipinski definition) is 4. The van der Waals surface area contributed by atoms with Crippen LogP contribution in [0.5, 0.6) is 0 Å². The molecule has 0 bridgehead atoms. The van der Waals surface area contributed by atoms with Crippen molar-refractivity contribution < 1.29 is 14.7 Å². The smallest absolute Gasteiger partial charge is 0.228 e. The van der Waals surface area contributed by atoms with Crippen LogP contribution in [-0.2, 0) is 22.7 Å². The minimum atomic E-state index is -0.460. The monoisotopic (exact) mass is 420 g/mol. The lowest BCUT2D eigenvalue weighted by molar-refractivity contribution is -0.126. The molecule has 2 amide bonds. The predicted octanol–water partition coefficient (Wildman–Crippen LogP) is 3.96. The largest absolute Gasteiger partial charge is 0.392 e. The molecule has 154 valence electrons. The number of benzene rings is 2. The van der Waals surface area contributed by atoms with E-state index in [1.54, 1.807) is 16.2 Å². The first-order valence-electron chi connectivity index (χ1n) is 9.95. The number of carbonyl (C=O) groups is 2. The molecule has 2 heterocycles. The van der Waals surface area contributed by atoms with Gasteiger partial charge in [-0.25, -0.2) is 0 Å². The van der Waals surface area contributed by atoms with Crippen LogP contribution in [0.15, 0.2) is 66.0 Å². The van der Waals surface area contributed by atoms with Crippen molar-refractivity contribution >= 4 is 28.8 Å². The van der Waals surface area contributed by atoms with Gasteiger partial charge in [0.05, 0.1) is 18.6 Å². The van der Waals surface area contributed by atoms with Gasteiger partial charge in [-0.3, -0.25) is 9.59 Å². The van der Waals surface area contributed by atoms with Crippen molar-refractivity contribution in [2.24, 2.45) is 5.92 Å². The predicted molar refractivity (Wildman–Crippen MR) is 118 cm³/mol. The Morgan fingerprint density at radius 3 is 2.60 bits per heavy atom. The molecule has 6 heteroatoms. The van der Waals surface area contributed by atoms with Gasteiger partial charge in [-0.2, -0.15) is 0 Å². The lowest BCUT2D eigenvalue weighted by atomic mass is 9.97. The van der Waals surface area contributed by atoms with Crippen LogP contribution in [0, 0.1) is 12.8 Å². The molecule has 1 aromatic heterocycles. The Hall–Kier alpha value is -2.96. The highest BCUT2D eigenvalue weighted by molar-refractivity contribution is 7.10. The SMILES string of the molecule is Cc1ccc(N2C(=O)CC(C(=O)NCc3cccc(CO)c3)C2c2cccs2)cc1. The topological polar surface area (TPSA) is 69.6 Å². The first kappa shape index (κ1) is 20.3. The number of hydrogen-bond donors (Lipinski definition) is 2. The van der Waals surface area contributed by atoms with Crippen molar-refractivity contribution in [3.05, 3.63) is 87.6 Å². The molecule has 4 rings (SSSR count). The van der Waals surface area contributed by atoms with Gasteiger partial charge >= 0.3 is 0 Å². The van der Waals surface area contributed by atoms with Gasteiger partial charge in [0.15, 0.2) is 0 Å². The molecular weight excluding hydrogens is 396 g/mol. The van der Waals surface area contributed by atoms with Crippen molar-refractivity contribution in [2.75, 3.05) is 4.90 Å². The molecule has 0 saturated carbocycles. The Kier molecular flexibility index (Phi) is 5.97. The molecule has 0 spiro atoms. The van der Waals surface area contributed by atoms with E-state index in [1.807, 2.05) is 73.0 Å². The maximum absolute atomic E-state index is 13.1. The van der Waals surface area contributed by atoms with E-state index in [1.165, 1.54) is 0 Å². The van der Waals surface area contributed by atoms with Crippen LogP contribution in [0.3, 0.4) is 0 Å². The zero-order valence-electron chi connectivity index (χ0n) is 16.7. The van der Waals surface area contributed by atoms with E-state index in [4.69, 9.17) is 0 Å². The molecule has 3 aromatic rings. The van der Waals surface area contributed by atoms with Gasteiger partial charge < -0.3 is 15.3 Å². The summed E-state index contributed by atoms with van der Waals surface area (Å²) in [5.41, 5.74) is 3.66. The highest BCUT2D eigenvalue weighted by Crippen LogP contribution is 2.43. The van der Waals surface area contributed by atoms with Gasteiger partial charge in [0.1, 0.15) is 0 Å². The van der Waals surface area contributed by atoms with Crippen molar-refractivity contribution in [2.45, 2.75) is 32.5 Å². The third-order valence-electron chi connectivity index (χ3n) is 5.45. The van der Waals surface area contributed by atoms with Gasteiger partial charge in [-0.05, 0) is 41.6 Å². The maximum atomic E-state index is 13.1. The average molecular weight is 421 g/mol. The number of amides is 2. The number of anilines is 1. The van der Waals surface area contributed by atoms with E-state index < -0.39 is 5.92 Å². The molecule has 2 unspecified atom stereocenters. The summed E-state index contributed by atoms with van der Waals surface area (Å²) in [5.74, 6) is -0.635. The van der Waals surface area contributed by atoms with Crippen molar-refractivity contribution in [3.63, 3.8) is 0 Å². The second-order valence-electron chi connectivity index (χ2n) is 7.57. The summed E-state index contributed by atoms with van der Waals surface area (Å²) in [6, 6.07) is 18.9. The van der Waals surface area contributed by atoms with Crippen LogP contribution in [0.2, 0.25) is 0 Å². The summed E-state index contributed by atoms with van der Waals surface area (Å²) in [7, 11) is 0. The van der Waals surface area contributed by atoms with E-state index in [2.05, 4.69) is 5.32 Å². The Morgan fingerprint density at radius 2 is 1.90 bits per heavy atom. The highest BCUT2D eigenvalue weighted by atomic mass is 32.1. The number of thiophene rings is 1. The summed E-state index contributed by atoms with van der Waals surface area (Å²) in [6.45, 7) is 2.33. The van der Waals surface area contributed by atoms with Gasteiger partial charge in [-0.1, -0.05) is 48.0 Å². The number of aliphatic hydroxyl groups excluding tert-OH is 1. The molecule has 0 aliphatic carbocycles. The second kappa shape index (κ2) is 8.81. The molecule has 1 aliphatic rings. The minimum absolute atomic E-state index is 0.0368. The van der Waals surface area contributed by atoms with Crippen LogP contribution < -0.4 is 10.2 Å². The summed E-state index contributed by atoms with van der Waals surface area (Å²) in [5, 5.41) is 14.3. The lowest BCUT2D eigenvalue weighted by Crippen LogP contribution is -2.35. The zero-order valence-corrected chi connectivity index (χ0v) is 17.6. The maximum Gasteiger partial charge on any atom is 0.228 e. The fraction of sp³-hybridized carbons (Fsp3) is 0.250. The Bertz CT molecular complexity index is 1030. The Balaban J connectivity index is 1.57. The van der Waals surface area contributed by atoms with E-state index in [-0.39, 0.29) is 30.9 Å². The number of nitrogens with zero attached hydrogens (tertiary/aromatic N) is 1. The number of rotatable bonds is 6. The standard InChI is InChI=1S/C24H24N2O3S/c1-16-7-9-19(10-8-16)26-22(28)13-20(23(26)21-6-3-11-30-21)24(29)25-14-17-4-2-5-18(12-17)15-27/h2-12,20,23,27H,13-15H2,1H3,(H,25,29). The summed E-state index contributed by atoms with van der Waals surface area (Å²) >= 11 is 1.56. The molecule has 5 nitrogen and oxygen atoms in total. The molecule has 1 aliphatic heterocycles. The van der Waals surface area contributed by atoms with Gasteiger partial charge in [0.25, 0.3) is 0 Å². The van der Waals surface area contributed by atoms with Crippen LogP contribution in [0.1, 0.15) is 34.0 Å². The van der Waals surface area contributed by atoms with Crippen molar-refractivity contribution in [1.82, 2.24) is 5.32 Å².